The average Bonchev–Trinajstić information content (AvgIpc) is 2.48. The molecule has 1 aliphatic rings. The zero-order valence-corrected chi connectivity index (χ0v) is 12.0. The van der Waals surface area contributed by atoms with E-state index in [1.165, 1.54) is 0 Å². The number of morpholine rings is 1. The van der Waals surface area contributed by atoms with Gasteiger partial charge in [-0.25, -0.2) is 0 Å². The molecule has 1 aromatic carbocycles. The quantitative estimate of drug-likeness (QED) is 0.841. The molecule has 0 aliphatic carbocycles. The van der Waals surface area contributed by atoms with Crippen molar-refractivity contribution in [3.63, 3.8) is 0 Å². The highest BCUT2D eigenvalue weighted by molar-refractivity contribution is 5.93. The van der Waals surface area contributed by atoms with Crippen LogP contribution < -0.4 is 10.6 Å². The molecule has 0 bridgehead atoms. The molecule has 110 valence electrons. The lowest BCUT2D eigenvalue weighted by Crippen LogP contribution is -2.37. The Bertz CT molecular complexity index is 427. The van der Waals surface area contributed by atoms with Gasteiger partial charge >= 0.3 is 0 Å². The first-order valence-electron chi connectivity index (χ1n) is 7.08. The van der Waals surface area contributed by atoms with E-state index in [0.717, 1.165) is 51.5 Å². The van der Waals surface area contributed by atoms with Crippen molar-refractivity contribution in [1.29, 1.82) is 0 Å². The fourth-order valence-corrected chi connectivity index (χ4v) is 2.37. The minimum atomic E-state index is -0.383. The fourth-order valence-electron chi connectivity index (χ4n) is 2.37. The van der Waals surface area contributed by atoms with Gasteiger partial charge in [0.25, 0.3) is 0 Å². The first kappa shape index (κ1) is 14.8. The summed E-state index contributed by atoms with van der Waals surface area (Å²) in [7, 11) is 2.07. The van der Waals surface area contributed by atoms with E-state index in [-0.39, 0.29) is 5.91 Å². The lowest BCUT2D eigenvalue weighted by atomic mass is 10.2. The van der Waals surface area contributed by atoms with E-state index < -0.39 is 0 Å². The molecule has 5 nitrogen and oxygen atoms in total. The summed E-state index contributed by atoms with van der Waals surface area (Å²) in [6.45, 7) is 5.88. The predicted octanol–water partition coefficient (Wildman–Crippen LogP) is 0.944. The zero-order chi connectivity index (χ0) is 14.4. The number of carbonyl (C=O) groups is 1. The van der Waals surface area contributed by atoms with E-state index in [9.17, 15) is 4.79 Å². The number of hydrogen-bond donors (Lipinski definition) is 1. The summed E-state index contributed by atoms with van der Waals surface area (Å²) >= 11 is 0. The molecule has 0 spiro atoms. The summed E-state index contributed by atoms with van der Waals surface area (Å²) < 4.78 is 5.34. The van der Waals surface area contributed by atoms with Crippen molar-refractivity contribution in [2.45, 2.75) is 6.42 Å². The van der Waals surface area contributed by atoms with Gasteiger partial charge in [0.05, 0.1) is 13.2 Å². The highest BCUT2D eigenvalue weighted by atomic mass is 16.5. The van der Waals surface area contributed by atoms with Gasteiger partial charge in [-0.15, -0.1) is 0 Å². The maximum Gasteiger partial charge on any atom is 0.248 e. The summed E-state index contributed by atoms with van der Waals surface area (Å²) in [5.41, 5.74) is 6.89. The molecule has 5 heteroatoms. The van der Waals surface area contributed by atoms with Gasteiger partial charge in [-0.1, -0.05) is 0 Å². The van der Waals surface area contributed by atoms with E-state index in [1.54, 1.807) is 12.1 Å². The van der Waals surface area contributed by atoms with Crippen molar-refractivity contribution >= 4 is 11.6 Å². The molecular formula is C15H23N3O2. The number of hydrogen-bond acceptors (Lipinski definition) is 4. The molecule has 0 aromatic heterocycles. The summed E-state index contributed by atoms with van der Waals surface area (Å²) in [5, 5.41) is 0. The van der Waals surface area contributed by atoms with Crippen molar-refractivity contribution in [2.75, 3.05) is 51.3 Å². The smallest absolute Gasteiger partial charge is 0.248 e. The molecular weight excluding hydrogens is 254 g/mol. The van der Waals surface area contributed by atoms with Crippen LogP contribution in [0.4, 0.5) is 5.69 Å². The minimum Gasteiger partial charge on any atom is -0.379 e. The Morgan fingerprint density at radius 3 is 2.55 bits per heavy atom. The van der Waals surface area contributed by atoms with Crippen LogP contribution >= 0.6 is 0 Å². The van der Waals surface area contributed by atoms with Gasteiger partial charge in [-0.3, -0.25) is 9.69 Å². The molecule has 1 fully saturated rings. The number of ether oxygens (including phenoxy) is 1. The molecule has 2 rings (SSSR count). The number of primary amides is 1. The van der Waals surface area contributed by atoms with E-state index in [0.29, 0.717) is 5.56 Å². The number of nitrogens with zero attached hydrogens (tertiary/aromatic N) is 2. The van der Waals surface area contributed by atoms with E-state index >= 15 is 0 Å². The molecule has 0 radical (unpaired) electrons. The predicted molar refractivity (Wildman–Crippen MR) is 80.1 cm³/mol. The van der Waals surface area contributed by atoms with Crippen molar-refractivity contribution in [3.05, 3.63) is 29.8 Å². The number of nitrogens with two attached hydrogens (primary N) is 1. The highest BCUT2D eigenvalue weighted by Gasteiger charge is 2.10. The third-order valence-corrected chi connectivity index (χ3v) is 3.66. The maximum atomic E-state index is 11.0. The number of carbonyl (C=O) groups excluding carboxylic acids is 1. The molecule has 1 amide bonds. The average molecular weight is 277 g/mol. The highest BCUT2D eigenvalue weighted by Crippen LogP contribution is 2.14. The minimum absolute atomic E-state index is 0.383. The van der Waals surface area contributed by atoms with Crippen LogP contribution in [-0.2, 0) is 4.74 Å². The van der Waals surface area contributed by atoms with Gasteiger partial charge in [0.1, 0.15) is 0 Å². The lowest BCUT2D eigenvalue weighted by Gasteiger charge is -2.27. The zero-order valence-electron chi connectivity index (χ0n) is 12.0. The molecule has 1 heterocycles. The largest absolute Gasteiger partial charge is 0.379 e. The fraction of sp³-hybridized carbons (Fsp3) is 0.533. The molecule has 0 atom stereocenters. The second-order valence-electron chi connectivity index (χ2n) is 5.14. The molecule has 0 unspecified atom stereocenters. The number of anilines is 1. The van der Waals surface area contributed by atoms with Crippen molar-refractivity contribution in [2.24, 2.45) is 5.73 Å². The first-order valence-corrected chi connectivity index (χ1v) is 7.08. The third kappa shape index (κ3) is 4.21. The molecule has 20 heavy (non-hydrogen) atoms. The Morgan fingerprint density at radius 2 is 1.95 bits per heavy atom. The Balaban J connectivity index is 1.76. The molecule has 1 aliphatic heterocycles. The van der Waals surface area contributed by atoms with Crippen LogP contribution in [0.15, 0.2) is 24.3 Å². The van der Waals surface area contributed by atoms with Crippen LogP contribution in [0.25, 0.3) is 0 Å². The van der Waals surface area contributed by atoms with Crippen LogP contribution in [0.2, 0.25) is 0 Å². The SMILES string of the molecule is CN(CCCN1CCOCC1)c1ccc(C(N)=O)cc1. The molecule has 1 aromatic rings. The van der Waals surface area contributed by atoms with Gasteiger partial charge < -0.3 is 15.4 Å². The standard InChI is InChI=1S/C15H23N3O2/c1-17(7-2-8-18-9-11-20-12-10-18)14-5-3-13(4-6-14)15(16)19/h3-6H,2,7-12H2,1H3,(H2,16,19). The summed E-state index contributed by atoms with van der Waals surface area (Å²) in [5.74, 6) is -0.383. The maximum absolute atomic E-state index is 11.0. The van der Waals surface area contributed by atoms with Gasteiger partial charge in [0.2, 0.25) is 5.91 Å². The van der Waals surface area contributed by atoms with E-state index in [1.807, 2.05) is 12.1 Å². The summed E-state index contributed by atoms with van der Waals surface area (Å²) in [6, 6.07) is 7.43. The van der Waals surface area contributed by atoms with E-state index in [2.05, 4.69) is 16.8 Å². The van der Waals surface area contributed by atoms with Gasteiger partial charge in [-0.2, -0.15) is 0 Å². The van der Waals surface area contributed by atoms with Crippen LogP contribution in [0.1, 0.15) is 16.8 Å². The third-order valence-electron chi connectivity index (χ3n) is 3.66. The number of rotatable bonds is 6. The Kier molecular flexibility index (Phi) is 5.38. The molecule has 0 saturated carbocycles. The normalized spacial score (nSPS) is 16.1. The van der Waals surface area contributed by atoms with Crippen molar-refractivity contribution < 1.29 is 9.53 Å². The Morgan fingerprint density at radius 1 is 1.30 bits per heavy atom. The monoisotopic (exact) mass is 277 g/mol. The van der Waals surface area contributed by atoms with Gasteiger partial charge in [0.15, 0.2) is 0 Å². The van der Waals surface area contributed by atoms with Crippen molar-refractivity contribution in [3.8, 4) is 0 Å². The lowest BCUT2D eigenvalue weighted by molar-refractivity contribution is 0.0377. The first-order chi connectivity index (χ1) is 9.66. The molecule has 1 saturated heterocycles. The summed E-state index contributed by atoms with van der Waals surface area (Å²) in [4.78, 5) is 15.7. The summed E-state index contributed by atoms with van der Waals surface area (Å²) in [6.07, 6.45) is 1.12. The number of benzene rings is 1. The van der Waals surface area contributed by atoms with Crippen molar-refractivity contribution in [1.82, 2.24) is 4.90 Å². The van der Waals surface area contributed by atoms with Crippen LogP contribution in [-0.4, -0.2) is 57.2 Å². The molecule has 2 N–H and O–H groups in total. The Labute approximate surface area is 120 Å². The number of amides is 1. The van der Waals surface area contributed by atoms with Crippen LogP contribution in [0.5, 0.6) is 0 Å². The Hall–Kier alpha value is -1.59. The van der Waals surface area contributed by atoms with Crippen LogP contribution in [0, 0.1) is 0 Å². The van der Waals surface area contributed by atoms with Gasteiger partial charge in [-0.05, 0) is 30.7 Å². The topological polar surface area (TPSA) is 58.8 Å². The van der Waals surface area contributed by atoms with Gasteiger partial charge in [0, 0.05) is 44.5 Å². The van der Waals surface area contributed by atoms with E-state index in [4.69, 9.17) is 10.5 Å². The second kappa shape index (κ2) is 7.26. The second-order valence-corrected chi connectivity index (χ2v) is 5.14. The van der Waals surface area contributed by atoms with Crippen LogP contribution in [0.3, 0.4) is 0 Å².